The predicted octanol–water partition coefficient (Wildman–Crippen LogP) is 3.08. The van der Waals surface area contributed by atoms with Gasteiger partial charge in [-0.25, -0.2) is 0 Å². The highest BCUT2D eigenvalue weighted by atomic mass is 127. The molecule has 0 bridgehead atoms. The van der Waals surface area contributed by atoms with Gasteiger partial charge in [0.15, 0.2) is 5.96 Å². The van der Waals surface area contributed by atoms with Crippen LogP contribution in [0.25, 0.3) is 0 Å². The van der Waals surface area contributed by atoms with Gasteiger partial charge in [0.1, 0.15) is 0 Å². The number of guanidine groups is 1. The van der Waals surface area contributed by atoms with Crippen molar-refractivity contribution >= 4 is 29.9 Å². The van der Waals surface area contributed by atoms with Crippen LogP contribution >= 0.6 is 24.0 Å². The first-order valence-corrected chi connectivity index (χ1v) is 10.5. The molecule has 7 heteroatoms. The Bertz CT molecular complexity index is 423. The molecule has 2 aliphatic rings. The average Bonchev–Trinajstić information content (AvgIpc) is 3.12. The van der Waals surface area contributed by atoms with Gasteiger partial charge in [-0.15, -0.1) is 24.0 Å². The van der Waals surface area contributed by atoms with Crippen LogP contribution in [-0.2, 0) is 9.47 Å². The first-order valence-electron chi connectivity index (χ1n) is 10.5. The molecule has 1 aliphatic heterocycles. The topological polar surface area (TPSA) is 75.1 Å². The van der Waals surface area contributed by atoms with Gasteiger partial charge in [0.25, 0.3) is 0 Å². The number of hydrogen-bond donors (Lipinski definition) is 3. The fraction of sp³-hybridized carbons (Fsp3) is 0.950. The zero-order chi connectivity index (χ0) is 18.7. The van der Waals surface area contributed by atoms with Crippen LogP contribution in [-0.4, -0.2) is 62.7 Å². The van der Waals surface area contributed by atoms with Crippen molar-refractivity contribution in [3.05, 3.63) is 0 Å². The highest BCUT2D eigenvalue weighted by Crippen LogP contribution is 2.33. The summed E-state index contributed by atoms with van der Waals surface area (Å²) in [5, 5.41) is 16.3. The molecule has 0 spiro atoms. The van der Waals surface area contributed by atoms with Crippen molar-refractivity contribution in [3.63, 3.8) is 0 Å². The lowest BCUT2D eigenvalue weighted by atomic mass is 9.84. The normalized spacial score (nSPS) is 25.1. The van der Waals surface area contributed by atoms with Crippen LogP contribution in [0.3, 0.4) is 0 Å². The Kier molecular flexibility index (Phi) is 12.2. The summed E-state index contributed by atoms with van der Waals surface area (Å²) in [5.41, 5.74) is -0.0674. The van der Waals surface area contributed by atoms with Crippen molar-refractivity contribution in [2.75, 3.05) is 46.1 Å². The average molecular weight is 497 g/mol. The molecule has 1 saturated heterocycles. The number of halogens is 1. The van der Waals surface area contributed by atoms with Crippen LogP contribution in [0.1, 0.15) is 65.2 Å². The van der Waals surface area contributed by atoms with Crippen LogP contribution in [0.15, 0.2) is 4.99 Å². The second-order valence-electron chi connectivity index (χ2n) is 7.92. The minimum Gasteiger partial charge on any atom is -0.396 e. The zero-order valence-corrected chi connectivity index (χ0v) is 19.6. The van der Waals surface area contributed by atoms with Crippen molar-refractivity contribution in [3.8, 4) is 0 Å². The van der Waals surface area contributed by atoms with E-state index in [1.54, 1.807) is 0 Å². The molecule has 1 aliphatic carbocycles. The molecule has 0 aromatic carbocycles. The number of aliphatic hydroxyl groups is 1. The molecule has 160 valence electrons. The SMILES string of the molecule is CCCOC1(CNC(=NCC2(CCO)CCOC2)NCC)CCCCC1.I. The highest BCUT2D eigenvalue weighted by molar-refractivity contribution is 14.0. The molecule has 0 radical (unpaired) electrons. The number of aliphatic imine (C=N–C) groups is 1. The molecule has 2 rings (SSSR count). The van der Waals surface area contributed by atoms with E-state index in [0.717, 1.165) is 64.4 Å². The Hall–Kier alpha value is -0.120. The molecule has 1 atom stereocenters. The third-order valence-corrected chi connectivity index (χ3v) is 5.70. The minimum atomic E-state index is -0.0519. The van der Waals surface area contributed by atoms with Crippen LogP contribution in [0.5, 0.6) is 0 Å². The summed E-state index contributed by atoms with van der Waals surface area (Å²) in [6.07, 6.45) is 8.84. The van der Waals surface area contributed by atoms with E-state index in [2.05, 4.69) is 24.5 Å². The molecule has 1 unspecified atom stereocenters. The fourth-order valence-electron chi connectivity index (χ4n) is 4.01. The standard InChI is InChI=1S/C20H39N3O3.HI/c1-3-13-26-20(8-6-5-7-9-20)16-23-18(21-4-2)22-15-19(10-12-24)11-14-25-17-19;/h24H,3-17H2,1-2H3,(H2,21,22,23);1H. The lowest BCUT2D eigenvalue weighted by molar-refractivity contribution is -0.0657. The molecular formula is C20H40IN3O3. The predicted molar refractivity (Wildman–Crippen MR) is 121 cm³/mol. The highest BCUT2D eigenvalue weighted by Gasteiger charge is 2.35. The lowest BCUT2D eigenvalue weighted by Gasteiger charge is -2.38. The van der Waals surface area contributed by atoms with Crippen molar-refractivity contribution in [2.45, 2.75) is 70.8 Å². The molecule has 0 aromatic heterocycles. The van der Waals surface area contributed by atoms with Crippen LogP contribution in [0.2, 0.25) is 0 Å². The summed E-state index contributed by atoms with van der Waals surface area (Å²) < 4.78 is 11.9. The zero-order valence-electron chi connectivity index (χ0n) is 17.2. The molecule has 6 nitrogen and oxygen atoms in total. The van der Waals surface area contributed by atoms with Crippen molar-refractivity contribution in [1.82, 2.24) is 10.6 Å². The summed E-state index contributed by atoms with van der Waals surface area (Å²) >= 11 is 0. The number of nitrogens with zero attached hydrogens (tertiary/aromatic N) is 1. The van der Waals surface area contributed by atoms with Crippen LogP contribution < -0.4 is 10.6 Å². The molecule has 1 saturated carbocycles. The van der Waals surface area contributed by atoms with Crippen LogP contribution in [0, 0.1) is 5.41 Å². The molecular weight excluding hydrogens is 457 g/mol. The van der Waals surface area contributed by atoms with E-state index < -0.39 is 0 Å². The van der Waals surface area contributed by atoms with Gasteiger partial charge in [0.2, 0.25) is 0 Å². The van der Waals surface area contributed by atoms with E-state index in [4.69, 9.17) is 14.5 Å². The third kappa shape index (κ3) is 8.03. The maximum atomic E-state index is 9.40. The van der Waals surface area contributed by atoms with Gasteiger partial charge in [0.05, 0.1) is 18.8 Å². The number of nitrogens with one attached hydrogen (secondary N) is 2. The van der Waals surface area contributed by atoms with Gasteiger partial charge in [-0.05, 0) is 39.0 Å². The number of rotatable bonds is 10. The van der Waals surface area contributed by atoms with Crippen molar-refractivity contribution in [1.29, 1.82) is 0 Å². The van der Waals surface area contributed by atoms with Gasteiger partial charge in [-0.3, -0.25) is 4.99 Å². The lowest BCUT2D eigenvalue weighted by Crippen LogP contribution is -2.50. The second kappa shape index (κ2) is 13.2. The Morgan fingerprint density at radius 2 is 1.93 bits per heavy atom. The largest absolute Gasteiger partial charge is 0.396 e. The summed E-state index contributed by atoms with van der Waals surface area (Å²) in [6.45, 7) is 9.06. The maximum Gasteiger partial charge on any atom is 0.191 e. The van der Waals surface area contributed by atoms with Crippen molar-refractivity contribution < 1.29 is 14.6 Å². The smallest absolute Gasteiger partial charge is 0.191 e. The summed E-state index contributed by atoms with van der Waals surface area (Å²) in [4.78, 5) is 4.83. The van der Waals surface area contributed by atoms with Gasteiger partial charge in [0, 0.05) is 38.3 Å². The van der Waals surface area contributed by atoms with Crippen LogP contribution in [0.4, 0.5) is 0 Å². The fourth-order valence-corrected chi connectivity index (χ4v) is 4.01. The van der Waals surface area contributed by atoms with Gasteiger partial charge < -0.3 is 25.2 Å². The summed E-state index contributed by atoms with van der Waals surface area (Å²) in [6, 6.07) is 0. The molecule has 0 aromatic rings. The number of ether oxygens (including phenoxy) is 2. The first kappa shape index (κ1) is 24.9. The molecule has 27 heavy (non-hydrogen) atoms. The number of aliphatic hydroxyl groups excluding tert-OH is 1. The van der Waals surface area contributed by atoms with E-state index in [-0.39, 0.29) is 41.6 Å². The van der Waals surface area contributed by atoms with E-state index >= 15 is 0 Å². The first-order chi connectivity index (χ1) is 12.7. The minimum absolute atomic E-state index is 0. The van der Waals surface area contributed by atoms with E-state index in [0.29, 0.717) is 13.2 Å². The Morgan fingerprint density at radius 3 is 2.52 bits per heavy atom. The Labute approximate surface area is 182 Å². The molecule has 1 heterocycles. The van der Waals surface area contributed by atoms with E-state index in [1.165, 1.54) is 19.3 Å². The summed E-state index contributed by atoms with van der Waals surface area (Å²) in [7, 11) is 0. The van der Waals surface area contributed by atoms with Gasteiger partial charge >= 0.3 is 0 Å². The maximum absolute atomic E-state index is 9.40. The molecule has 3 N–H and O–H groups in total. The molecule has 0 amide bonds. The van der Waals surface area contributed by atoms with Gasteiger partial charge in [-0.2, -0.15) is 0 Å². The molecule has 2 fully saturated rings. The number of hydrogen-bond acceptors (Lipinski definition) is 4. The van der Waals surface area contributed by atoms with E-state index in [9.17, 15) is 5.11 Å². The van der Waals surface area contributed by atoms with Crippen molar-refractivity contribution in [2.24, 2.45) is 10.4 Å². The monoisotopic (exact) mass is 497 g/mol. The second-order valence-corrected chi connectivity index (χ2v) is 7.92. The van der Waals surface area contributed by atoms with Gasteiger partial charge in [-0.1, -0.05) is 26.2 Å². The third-order valence-electron chi connectivity index (χ3n) is 5.70. The summed E-state index contributed by atoms with van der Waals surface area (Å²) in [5.74, 6) is 0.849. The van der Waals surface area contributed by atoms with E-state index in [1.807, 2.05) is 0 Å². The Morgan fingerprint density at radius 1 is 1.15 bits per heavy atom. The Balaban J connectivity index is 0.00000364. The quantitative estimate of drug-likeness (QED) is 0.246.